The molecule has 0 aliphatic carbocycles. The number of anilines is 1. The van der Waals surface area contributed by atoms with Crippen molar-refractivity contribution >= 4 is 11.9 Å². The van der Waals surface area contributed by atoms with Crippen LogP contribution in [0.3, 0.4) is 0 Å². The maximum Gasteiger partial charge on any atom is 0.255 e. The zero-order valence-electron chi connectivity index (χ0n) is 18.9. The van der Waals surface area contributed by atoms with Gasteiger partial charge < -0.3 is 15.0 Å². The van der Waals surface area contributed by atoms with Gasteiger partial charge in [-0.05, 0) is 57.4 Å². The second kappa shape index (κ2) is 9.30. The molecule has 32 heavy (non-hydrogen) atoms. The summed E-state index contributed by atoms with van der Waals surface area (Å²) in [4.78, 5) is 33.5. The van der Waals surface area contributed by atoms with Crippen molar-refractivity contribution in [2.45, 2.75) is 46.2 Å². The van der Waals surface area contributed by atoms with Gasteiger partial charge >= 0.3 is 0 Å². The van der Waals surface area contributed by atoms with E-state index in [4.69, 9.17) is 4.74 Å². The molecule has 8 heteroatoms. The Morgan fingerprint density at radius 2 is 1.84 bits per heavy atom. The summed E-state index contributed by atoms with van der Waals surface area (Å²) in [6.45, 7) is 7.01. The second-order valence-corrected chi connectivity index (χ2v) is 8.05. The number of hydrogen-bond donors (Lipinski definition) is 1. The maximum absolute atomic E-state index is 13.1. The molecule has 1 atom stereocenters. The van der Waals surface area contributed by atoms with Crippen LogP contribution in [0.2, 0.25) is 0 Å². The van der Waals surface area contributed by atoms with Crippen molar-refractivity contribution in [3.8, 4) is 5.75 Å². The third-order valence-corrected chi connectivity index (χ3v) is 5.59. The zero-order valence-corrected chi connectivity index (χ0v) is 18.9. The fraction of sp³-hybridized carbons (Fsp3) is 0.375. The highest BCUT2D eigenvalue weighted by Gasteiger charge is 2.33. The molecule has 0 unspecified atom stereocenters. The summed E-state index contributed by atoms with van der Waals surface area (Å²) in [5.74, 6) is 1.92. The van der Waals surface area contributed by atoms with E-state index in [0.29, 0.717) is 23.9 Å². The fourth-order valence-electron chi connectivity index (χ4n) is 4.06. The van der Waals surface area contributed by atoms with E-state index >= 15 is 0 Å². The van der Waals surface area contributed by atoms with Gasteiger partial charge in [-0.25, -0.2) is 19.9 Å². The van der Waals surface area contributed by atoms with Crippen molar-refractivity contribution in [1.29, 1.82) is 0 Å². The molecule has 3 aromatic rings. The predicted molar refractivity (Wildman–Crippen MR) is 122 cm³/mol. The van der Waals surface area contributed by atoms with E-state index in [0.717, 1.165) is 47.8 Å². The van der Waals surface area contributed by atoms with Crippen molar-refractivity contribution in [1.82, 2.24) is 25.3 Å². The lowest BCUT2D eigenvalue weighted by molar-refractivity contribution is 0.0948. The topological polar surface area (TPSA) is 93.1 Å². The number of benzene rings is 1. The summed E-state index contributed by atoms with van der Waals surface area (Å²) < 4.78 is 5.19. The lowest BCUT2D eigenvalue weighted by Crippen LogP contribution is -2.30. The lowest BCUT2D eigenvalue weighted by atomic mass is 10.1. The molecule has 3 heterocycles. The largest absolute Gasteiger partial charge is 0.497 e. The monoisotopic (exact) mass is 432 g/mol. The molecule has 1 fully saturated rings. The summed E-state index contributed by atoms with van der Waals surface area (Å²) >= 11 is 0. The molecule has 4 rings (SSSR count). The van der Waals surface area contributed by atoms with Crippen LogP contribution in [0.1, 0.15) is 57.7 Å². The normalized spacial score (nSPS) is 15.6. The minimum atomic E-state index is -0.191. The number of aromatic nitrogens is 4. The van der Waals surface area contributed by atoms with E-state index in [-0.39, 0.29) is 11.9 Å². The Balaban J connectivity index is 1.58. The van der Waals surface area contributed by atoms with Gasteiger partial charge in [0.2, 0.25) is 5.95 Å². The standard InChI is InChI=1S/C24H28N6O2/c1-15-12-16(2)28-24(27-15)30-11-5-6-21(30)22-20(14-25-17(3)29-22)23(31)26-13-18-7-9-19(32-4)10-8-18/h7-10,12,14,21H,5-6,11,13H2,1-4H3,(H,26,31)/t21-/m1/s1. The second-order valence-electron chi connectivity index (χ2n) is 8.05. The summed E-state index contributed by atoms with van der Waals surface area (Å²) in [5.41, 5.74) is 4.05. The third kappa shape index (κ3) is 4.69. The minimum absolute atomic E-state index is 0.0698. The Morgan fingerprint density at radius 1 is 1.12 bits per heavy atom. The Morgan fingerprint density at radius 3 is 2.53 bits per heavy atom. The van der Waals surface area contributed by atoms with Crippen molar-refractivity contribution in [3.63, 3.8) is 0 Å². The van der Waals surface area contributed by atoms with Crippen molar-refractivity contribution in [2.75, 3.05) is 18.6 Å². The average Bonchev–Trinajstić information content (AvgIpc) is 3.27. The van der Waals surface area contributed by atoms with Crippen LogP contribution in [0.5, 0.6) is 5.75 Å². The van der Waals surface area contributed by atoms with Gasteiger partial charge in [0.1, 0.15) is 11.6 Å². The van der Waals surface area contributed by atoms with Gasteiger partial charge in [-0.15, -0.1) is 0 Å². The Bertz CT molecular complexity index is 1100. The van der Waals surface area contributed by atoms with Gasteiger partial charge in [-0.1, -0.05) is 12.1 Å². The fourth-order valence-corrected chi connectivity index (χ4v) is 4.06. The van der Waals surface area contributed by atoms with Gasteiger partial charge in [-0.2, -0.15) is 0 Å². The molecule has 0 spiro atoms. The first-order chi connectivity index (χ1) is 15.4. The van der Waals surface area contributed by atoms with Crippen LogP contribution in [-0.4, -0.2) is 39.5 Å². The molecule has 0 radical (unpaired) electrons. The summed E-state index contributed by atoms with van der Waals surface area (Å²) in [6, 6.07) is 9.51. The van der Waals surface area contributed by atoms with Crippen molar-refractivity contribution < 1.29 is 9.53 Å². The van der Waals surface area contributed by atoms with Gasteiger partial charge in [-0.3, -0.25) is 4.79 Å². The summed E-state index contributed by atoms with van der Waals surface area (Å²) in [5, 5.41) is 3.00. The van der Waals surface area contributed by atoms with E-state index in [1.54, 1.807) is 13.3 Å². The van der Waals surface area contributed by atoms with Gasteiger partial charge in [0.05, 0.1) is 24.4 Å². The van der Waals surface area contributed by atoms with E-state index in [2.05, 4.69) is 30.2 Å². The van der Waals surface area contributed by atoms with Crippen LogP contribution in [0.25, 0.3) is 0 Å². The molecule has 1 amide bonds. The molecular weight excluding hydrogens is 404 g/mol. The van der Waals surface area contributed by atoms with Crippen LogP contribution >= 0.6 is 0 Å². The molecule has 1 aliphatic heterocycles. The van der Waals surface area contributed by atoms with Gasteiger partial charge in [0.25, 0.3) is 5.91 Å². The van der Waals surface area contributed by atoms with E-state index in [1.165, 1.54) is 0 Å². The predicted octanol–water partition coefficient (Wildman–Crippen LogP) is 3.47. The summed E-state index contributed by atoms with van der Waals surface area (Å²) in [6.07, 6.45) is 3.49. The van der Waals surface area contributed by atoms with E-state index < -0.39 is 0 Å². The van der Waals surface area contributed by atoms with Crippen LogP contribution in [0.4, 0.5) is 5.95 Å². The molecule has 0 bridgehead atoms. The number of carbonyl (C=O) groups is 1. The number of methoxy groups -OCH3 is 1. The van der Waals surface area contributed by atoms with E-state index in [1.807, 2.05) is 51.1 Å². The quantitative estimate of drug-likeness (QED) is 0.637. The number of nitrogens with one attached hydrogen (secondary N) is 1. The number of hydrogen-bond acceptors (Lipinski definition) is 7. The molecule has 2 aromatic heterocycles. The Labute approximate surface area is 188 Å². The SMILES string of the molecule is COc1ccc(CNC(=O)c2cnc(C)nc2[C@H]2CCCN2c2nc(C)cc(C)n2)cc1. The zero-order chi connectivity index (χ0) is 22.7. The Hall–Kier alpha value is -3.55. The van der Waals surface area contributed by atoms with E-state index in [9.17, 15) is 4.79 Å². The highest BCUT2D eigenvalue weighted by molar-refractivity contribution is 5.95. The molecule has 1 aromatic carbocycles. The first kappa shape index (κ1) is 21.7. The molecule has 166 valence electrons. The smallest absolute Gasteiger partial charge is 0.255 e. The number of ether oxygens (including phenoxy) is 1. The van der Waals surface area contributed by atoms with Gasteiger partial charge in [0, 0.05) is 30.7 Å². The minimum Gasteiger partial charge on any atom is -0.497 e. The number of carbonyl (C=O) groups excluding carboxylic acids is 1. The highest BCUT2D eigenvalue weighted by Crippen LogP contribution is 2.35. The Kier molecular flexibility index (Phi) is 6.30. The third-order valence-electron chi connectivity index (χ3n) is 5.59. The van der Waals surface area contributed by atoms with Gasteiger partial charge in [0.15, 0.2) is 0 Å². The molecule has 0 saturated carbocycles. The first-order valence-corrected chi connectivity index (χ1v) is 10.8. The number of nitrogens with zero attached hydrogens (tertiary/aromatic N) is 5. The molecule has 8 nitrogen and oxygen atoms in total. The van der Waals surface area contributed by atoms with Crippen LogP contribution in [-0.2, 0) is 6.54 Å². The first-order valence-electron chi connectivity index (χ1n) is 10.8. The number of amides is 1. The molecular formula is C24H28N6O2. The van der Waals surface area contributed by atoms with Crippen molar-refractivity contribution in [3.05, 3.63) is 70.6 Å². The summed E-state index contributed by atoms with van der Waals surface area (Å²) in [7, 11) is 1.63. The molecule has 1 N–H and O–H groups in total. The highest BCUT2D eigenvalue weighted by atomic mass is 16.5. The van der Waals surface area contributed by atoms with Crippen LogP contribution in [0.15, 0.2) is 36.5 Å². The lowest BCUT2D eigenvalue weighted by Gasteiger charge is -2.26. The molecule has 1 aliphatic rings. The number of rotatable bonds is 6. The average molecular weight is 433 g/mol. The van der Waals surface area contributed by atoms with Crippen LogP contribution in [0, 0.1) is 20.8 Å². The molecule has 1 saturated heterocycles. The van der Waals surface area contributed by atoms with Crippen molar-refractivity contribution in [2.24, 2.45) is 0 Å². The maximum atomic E-state index is 13.1. The van der Waals surface area contributed by atoms with Crippen LogP contribution < -0.4 is 15.0 Å². The number of aryl methyl sites for hydroxylation is 3.